The van der Waals surface area contributed by atoms with E-state index >= 15 is 0 Å². The number of nitrogens with zero attached hydrogens (tertiary/aromatic N) is 1. The highest BCUT2D eigenvalue weighted by Crippen LogP contribution is 2.19. The largest absolute Gasteiger partial charge is 0.383 e. The topological polar surface area (TPSA) is 67.6 Å². The summed E-state index contributed by atoms with van der Waals surface area (Å²) in [5, 5.41) is 3.03. The summed E-state index contributed by atoms with van der Waals surface area (Å²) in [6, 6.07) is 0.528. The fourth-order valence-corrected chi connectivity index (χ4v) is 2.19. The van der Waals surface area contributed by atoms with E-state index in [1.165, 1.54) is 0 Å². The fourth-order valence-electron chi connectivity index (χ4n) is 2.19. The molecule has 5 nitrogen and oxygen atoms in total. The molecule has 112 valence electrons. The third-order valence-electron chi connectivity index (χ3n) is 3.33. The van der Waals surface area contributed by atoms with Crippen LogP contribution in [0.4, 0.5) is 0 Å². The average Bonchev–Trinajstić information content (AvgIpc) is 3.15. The van der Waals surface area contributed by atoms with E-state index in [2.05, 4.69) is 24.1 Å². The van der Waals surface area contributed by atoms with Gasteiger partial charge in [0, 0.05) is 45.2 Å². The van der Waals surface area contributed by atoms with E-state index in [-0.39, 0.29) is 11.9 Å². The van der Waals surface area contributed by atoms with E-state index in [1.54, 1.807) is 7.11 Å². The maximum absolute atomic E-state index is 11.9. The van der Waals surface area contributed by atoms with Gasteiger partial charge >= 0.3 is 0 Å². The zero-order chi connectivity index (χ0) is 14.3. The van der Waals surface area contributed by atoms with E-state index in [4.69, 9.17) is 10.5 Å². The van der Waals surface area contributed by atoms with Crippen molar-refractivity contribution in [3.63, 3.8) is 0 Å². The predicted molar refractivity (Wildman–Crippen MR) is 76.9 cm³/mol. The highest BCUT2D eigenvalue weighted by Gasteiger charge is 2.26. The van der Waals surface area contributed by atoms with Gasteiger partial charge in [0.1, 0.15) is 0 Å². The number of methoxy groups -OCH3 is 1. The Labute approximate surface area is 116 Å². The van der Waals surface area contributed by atoms with Crippen LogP contribution in [0.1, 0.15) is 33.1 Å². The maximum Gasteiger partial charge on any atom is 0.221 e. The fraction of sp³-hybridized carbons (Fsp3) is 0.929. The second-order valence-electron chi connectivity index (χ2n) is 5.82. The standard InChI is InChI=1S/C14H29N3O2/c1-11(2)10-17(6-7-19-3)13(9-15)8-14(18)16-12-4-5-12/h11-13H,4-10,15H2,1-3H3,(H,16,18). The summed E-state index contributed by atoms with van der Waals surface area (Å²) in [7, 11) is 1.70. The van der Waals surface area contributed by atoms with Crippen LogP contribution in [-0.4, -0.2) is 56.2 Å². The van der Waals surface area contributed by atoms with Crippen LogP contribution < -0.4 is 11.1 Å². The molecular formula is C14H29N3O2. The van der Waals surface area contributed by atoms with Gasteiger partial charge in [-0.05, 0) is 18.8 Å². The normalized spacial score (nSPS) is 16.9. The lowest BCUT2D eigenvalue weighted by Crippen LogP contribution is -2.47. The van der Waals surface area contributed by atoms with E-state index in [9.17, 15) is 4.79 Å². The van der Waals surface area contributed by atoms with Crippen molar-refractivity contribution in [1.29, 1.82) is 0 Å². The minimum atomic E-state index is 0.108. The molecule has 3 N–H and O–H groups in total. The van der Waals surface area contributed by atoms with Crippen LogP contribution >= 0.6 is 0 Å². The smallest absolute Gasteiger partial charge is 0.221 e. The van der Waals surface area contributed by atoms with E-state index in [1.807, 2.05) is 0 Å². The van der Waals surface area contributed by atoms with Crippen LogP contribution in [0, 0.1) is 5.92 Å². The van der Waals surface area contributed by atoms with Gasteiger partial charge in [-0.2, -0.15) is 0 Å². The summed E-state index contributed by atoms with van der Waals surface area (Å²) >= 11 is 0. The van der Waals surface area contributed by atoms with Crippen molar-refractivity contribution in [1.82, 2.24) is 10.2 Å². The molecule has 1 rings (SSSR count). The van der Waals surface area contributed by atoms with Crippen LogP contribution in [0.2, 0.25) is 0 Å². The molecule has 0 heterocycles. The van der Waals surface area contributed by atoms with Crippen LogP contribution in [-0.2, 0) is 9.53 Å². The van der Waals surface area contributed by atoms with Crippen molar-refractivity contribution in [2.75, 3.05) is 33.4 Å². The van der Waals surface area contributed by atoms with Gasteiger partial charge in [0.15, 0.2) is 0 Å². The lowest BCUT2D eigenvalue weighted by molar-refractivity contribution is -0.122. The lowest BCUT2D eigenvalue weighted by Gasteiger charge is -2.31. The van der Waals surface area contributed by atoms with Crippen molar-refractivity contribution >= 4 is 5.91 Å². The molecule has 5 heteroatoms. The molecule has 1 aliphatic rings. The summed E-state index contributed by atoms with van der Waals surface area (Å²) in [4.78, 5) is 14.2. The van der Waals surface area contributed by atoms with Gasteiger partial charge < -0.3 is 15.8 Å². The number of rotatable bonds is 10. The second-order valence-corrected chi connectivity index (χ2v) is 5.82. The van der Waals surface area contributed by atoms with Crippen molar-refractivity contribution in [2.24, 2.45) is 11.7 Å². The third-order valence-corrected chi connectivity index (χ3v) is 3.33. The number of carbonyl (C=O) groups excluding carboxylic acids is 1. The number of ether oxygens (including phenoxy) is 1. The molecule has 1 amide bonds. The van der Waals surface area contributed by atoms with Gasteiger partial charge in [-0.25, -0.2) is 0 Å². The number of hydrogen-bond donors (Lipinski definition) is 2. The van der Waals surface area contributed by atoms with Crippen LogP contribution in [0.25, 0.3) is 0 Å². The first-order valence-corrected chi connectivity index (χ1v) is 7.29. The molecule has 0 saturated heterocycles. The molecule has 0 aromatic rings. The Morgan fingerprint density at radius 3 is 2.63 bits per heavy atom. The number of amides is 1. The zero-order valence-corrected chi connectivity index (χ0v) is 12.5. The molecular weight excluding hydrogens is 242 g/mol. The molecule has 0 aliphatic heterocycles. The van der Waals surface area contributed by atoms with E-state index in [0.29, 0.717) is 31.5 Å². The Kier molecular flexibility index (Phi) is 7.34. The summed E-state index contributed by atoms with van der Waals surface area (Å²) in [6.45, 7) is 7.31. The van der Waals surface area contributed by atoms with Crippen LogP contribution in [0.15, 0.2) is 0 Å². The molecule has 0 bridgehead atoms. The summed E-state index contributed by atoms with van der Waals surface area (Å²) < 4.78 is 5.15. The molecule has 0 spiro atoms. The molecule has 1 unspecified atom stereocenters. The second kappa shape index (κ2) is 8.51. The maximum atomic E-state index is 11.9. The van der Waals surface area contributed by atoms with Crippen LogP contribution in [0.5, 0.6) is 0 Å². The molecule has 0 aromatic heterocycles. The zero-order valence-electron chi connectivity index (χ0n) is 12.5. The average molecular weight is 271 g/mol. The van der Waals surface area contributed by atoms with Gasteiger partial charge in [-0.15, -0.1) is 0 Å². The highest BCUT2D eigenvalue weighted by molar-refractivity contribution is 5.77. The van der Waals surface area contributed by atoms with Crippen molar-refractivity contribution in [3.8, 4) is 0 Å². The highest BCUT2D eigenvalue weighted by atomic mass is 16.5. The Balaban J connectivity index is 2.46. The number of nitrogens with one attached hydrogen (secondary N) is 1. The monoisotopic (exact) mass is 271 g/mol. The van der Waals surface area contributed by atoms with Gasteiger partial charge in [0.05, 0.1) is 6.61 Å². The summed E-state index contributed by atoms with van der Waals surface area (Å²) in [5.74, 6) is 0.682. The molecule has 1 saturated carbocycles. The number of nitrogens with two attached hydrogens (primary N) is 1. The summed E-state index contributed by atoms with van der Waals surface area (Å²) in [5.41, 5.74) is 5.85. The molecule has 1 atom stereocenters. The van der Waals surface area contributed by atoms with E-state index in [0.717, 1.165) is 25.9 Å². The van der Waals surface area contributed by atoms with E-state index < -0.39 is 0 Å². The SMILES string of the molecule is COCCN(CC(C)C)C(CN)CC(=O)NC1CC1. The molecule has 1 aliphatic carbocycles. The molecule has 0 radical (unpaired) electrons. The number of hydrogen-bond acceptors (Lipinski definition) is 4. The van der Waals surface area contributed by atoms with Gasteiger partial charge in [0.2, 0.25) is 5.91 Å². The Morgan fingerprint density at radius 2 is 2.16 bits per heavy atom. The minimum absolute atomic E-state index is 0.108. The molecule has 0 aromatic carbocycles. The van der Waals surface area contributed by atoms with Gasteiger partial charge in [-0.3, -0.25) is 9.69 Å². The first-order chi connectivity index (χ1) is 9.06. The molecule has 19 heavy (non-hydrogen) atoms. The van der Waals surface area contributed by atoms with Crippen molar-refractivity contribution in [2.45, 2.75) is 45.2 Å². The Bertz CT molecular complexity index is 267. The third kappa shape index (κ3) is 6.89. The minimum Gasteiger partial charge on any atom is -0.383 e. The Hall–Kier alpha value is -0.650. The first-order valence-electron chi connectivity index (χ1n) is 7.29. The predicted octanol–water partition coefficient (Wildman–Crippen LogP) is 0.587. The van der Waals surface area contributed by atoms with Crippen molar-refractivity contribution in [3.05, 3.63) is 0 Å². The first kappa shape index (κ1) is 16.4. The number of carbonyl (C=O) groups is 1. The van der Waals surface area contributed by atoms with Crippen molar-refractivity contribution < 1.29 is 9.53 Å². The van der Waals surface area contributed by atoms with Gasteiger partial charge in [-0.1, -0.05) is 13.8 Å². The van der Waals surface area contributed by atoms with Crippen LogP contribution in [0.3, 0.4) is 0 Å². The summed E-state index contributed by atoms with van der Waals surface area (Å²) in [6.07, 6.45) is 2.74. The Morgan fingerprint density at radius 1 is 1.47 bits per heavy atom. The quantitative estimate of drug-likeness (QED) is 0.610. The van der Waals surface area contributed by atoms with Gasteiger partial charge in [0.25, 0.3) is 0 Å². The lowest BCUT2D eigenvalue weighted by atomic mass is 10.1. The molecule has 1 fully saturated rings.